The molecule has 104 valence electrons. The Balaban J connectivity index is 2.15. The zero-order valence-electron chi connectivity index (χ0n) is 11.1. The largest absolute Gasteiger partial charge is 0.394 e. The second kappa shape index (κ2) is 5.69. The van der Waals surface area contributed by atoms with E-state index in [0.717, 1.165) is 25.1 Å². The molecular formula is C14H20N2O3. The van der Waals surface area contributed by atoms with E-state index in [-0.39, 0.29) is 19.1 Å². The summed E-state index contributed by atoms with van der Waals surface area (Å²) in [6.45, 7) is 2.73. The van der Waals surface area contributed by atoms with E-state index in [1.54, 1.807) is 13.0 Å². The topological polar surface area (TPSA) is 81.6 Å². The van der Waals surface area contributed by atoms with Crippen LogP contribution in [0.3, 0.4) is 0 Å². The highest BCUT2D eigenvalue weighted by molar-refractivity contribution is 5.95. The summed E-state index contributed by atoms with van der Waals surface area (Å²) in [7, 11) is 0. The molecule has 2 rings (SSSR count). The number of fused-ring (bicyclic) bond motifs is 1. The van der Waals surface area contributed by atoms with E-state index < -0.39 is 5.54 Å². The van der Waals surface area contributed by atoms with Crippen molar-refractivity contribution in [2.45, 2.75) is 25.4 Å². The van der Waals surface area contributed by atoms with Gasteiger partial charge in [0, 0.05) is 12.1 Å². The van der Waals surface area contributed by atoms with Gasteiger partial charge < -0.3 is 20.8 Å². The van der Waals surface area contributed by atoms with Crippen LogP contribution in [0.25, 0.3) is 0 Å². The van der Waals surface area contributed by atoms with E-state index in [1.165, 1.54) is 5.56 Å². The first kappa shape index (κ1) is 14.0. The maximum absolute atomic E-state index is 12.1. The number of aliphatic hydroxyl groups is 2. The van der Waals surface area contributed by atoms with Crippen LogP contribution >= 0.6 is 0 Å². The van der Waals surface area contributed by atoms with Gasteiger partial charge in [-0.3, -0.25) is 4.79 Å². The molecule has 1 aliphatic heterocycles. The van der Waals surface area contributed by atoms with Gasteiger partial charge in [-0.15, -0.1) is 0 Å². The first-order valence-electron chi connectivity index (χ1n) is 6.45. The number of rotatable bonds is 4. The molecule has 19 heavy (non-hydrogen) atoms. The van der Waals surface area contributed by atoms with Gasteiger partial charge in [-0.2, -0.15) is 0 Å². The molecule has 0 atom stereocenters. The van der Waals surface area contributed by atoms with Gasteiger partial charge in [0.15, 0.2) is 0 Å². The molecule has 4 N–H and O–H groups in total. The van der Waals surface area contributed by atoms with Gasteiger partial charge in [-0.05, 0) is 43.1 Å². The summed E-state index contributed by atoms with van der Waals surface area (Å²) in [6, 6.07) is 5.63. The molecule has 1 aliphatic rings. The third-order valence-electron chi connectivity index (χ3n) is 3.47. The summed E-state index contributed by atoms with van der Waals surface area (Å²) in [5, 5.41) is 24.3. The van der Waals surface area contributed by atoms with Gasteiger partial charge in [-0.25, -0.2) is 0 Å². The maximum Gasteiger partial charge on any atom is 0.251 e. The Morgan fingerprint density at radius 1 is 1.37 bits per heavy atom. The monoisotopic (exact) mass is 264 g/mol. The lowest BCUT2D eigenvalue weighted by atomic mass is 9.97. The quantitative estimate of drug-likeness (QED) is 0.607. The Kier molecular flexibility index (Phi) is 4.19. The second-order valence-corrected chi connectivity index (χ2v) is 5.24. The van der Waals surface area contributed by atoms with Gasteiger partial charge in [0.25, 0.3) is 5.91 Å². The highest BCUT2D eigenvalue weighted by Gasteiger charge is 2.25. The van der Waals surface area contributed by atoms with Crippen LogP contribution in [0.2, 0.25) is 0 Å². The van der Waals surface area contributed by atoms with Gasteiger partial charge in [-0.1, -0.05) is 6.07 Å². The highest BCUT2D eigenvalue weighted by atomic mass is 16.3. The summed E-state index contributed by atoms with van der Waals surface area (Å²) in [4.78, 5) is 12.1. The van der Waals surface area contributed by atoms with Crippen LogP contribution in [-0.4, -0.2) is 41.4 Å². The van der Waals surface area contributed by atoms with E-state index in [1.807, 2.05) is 12.1 Å². The third kappa shape index (κ3) is 3.12. The van der Waals surface area contributed by atoms with E-state index in [2.05, 4.69) is 10.6 Å². The minimum Gasteiger partial charge on any atom is -0.394 e. The minimum absolute atomic E-state index is 0.279. The van der Waals surface area contributed by atoms with Crippen LogP contribution in [0, 0.1) is 0 Å². The number of carbonyl (C=O) groups is 1. The number of hydrogen-bond donors (Lipinski definition) is 4. The molecule has 0 saturated carbocycles. The number of hydrogen-bond acceptors (Lipinski definition) is 4. The maximum atomic E-state index is 12.1. The van der Waals surface area contributed by atoms with Crippen LogP contribution in [0.5, 0.6) is 0 Å². The van der Waals surface area contributed by atoms with Gasteiger partial charge in [0.1, 0.15) is 0 Å². The first-order chi connectivity index (χ1) is 9.08. The lowest BCUT2D eigenvalue weighted by molar-refractivity contribution is 0.0723. The molecule has 0 radical (unpaired) electrons. The lowest BCUT2D eigenvalue weighted by Crippen LogP contribution is -2.51. The molecule has 0 aliphatic carbocycles. The number of carbonyl (C=O) groups excluding carboxylic acids is 1. The standard InChI is InChI=1S/C14H20N2O3/c1-14(8-17,9-18)16-13(19)11-3-2-10-4-5-15-7-12(10)6-11/h2-3,6,15,17-18H,4-5,7-9H2,1H3,(H,16,19). The van der Waals surface area contributed by atoms with Gasteiger partial charge in [0.2, 0.25) is 0 Å². The smallest absolute Gasteiger partial charge is 0.251 e. The summed E-state index contributed by atoms with van der Waals surface area (Å²) in [5.74, 6) is -0.279. The molecule has 0 saturated heterocycles. The molecule has 1 amide bonds. The molecule has 5 nitrogen and oxygen atoms in total. The second-order valence-electron chi connectivity index (χ2n) is 5.24. The van der Waals surface area contributed by atoms with Crippen molar-refractivity contribution >= 4 is 5.91 Å². The number of nitrogens with one attached hydrogen (secondary N) is 2. The van der Waals surface area contributed by atoms with Crippen molar-refractivity contribution in [3.8, 4) is 0 Å². The molecule has 0 bridgehead atoms. The molecule has 0 aromatic heterocycles. The van der Waals surface area contributed by atoms with Crippen LogP contribution in [-0.2, 0) is 13.0 Å². The van der Waals surface area contributed by atoms with Crippen LogP contribution < -0.4 is 10.6 Å². The Labute approximate surface area is 112 Å². The third-order valence-corrected chi connectivity index (χ3v) is 3.47. The molecular weight excluding hydrogens is 244 g/mol. The molecule has 1 heterocycles. The van der Waals surface area contributed by atoms with Crippen molar-refractivity contribution in [1.82, 2.24) is 10.6 Å². The van der Waals surface area contributed by atoms with Crippen LogP contribution in [0.15, 0.2) is 18.2 Å². The van der Waals surface area contributed by atoms with Crippen molar-refractivity contribution in [1.29, 1.82) is 0 Å². The highest BCUT2D eigenvalue weighted by Crippen LogP contribution is 2.16. The summed E-state index contributed by atoms with van der Waals surface area (Å²) >= 11 is 0. The molecule has 0 spiro atoms. The SMILES string of the molecule is CC(CO)(CO)NC(=O)c1ccc2c(c1)CNCC2. The van der Waals surface area contributed by atoms with Crippen molar-refractivity contribution < 1.29 is 15.0 Å². The number of benzene rings is 1. The zero-order chi connectivity index (χ0) is 13.9. The Bertz CT molecular complexity index is 470. The zero-order valence-corrected chi connectivity index (χ0v) is 11.1. The molecule has 1 aromatic carbocycles. The molecule has 1 aromatic rings. The Hall–Kier alpha value is -1.43. The molecule has 0 unspecified atom stereocenters. The normalized spacial score (nSPS) is 14.9. The average molecular weight is 264 g/mol. The van der Waals surface area contributed by atoms with Gasteiger partial charge in [0.05, 0.1) is 18.8 Å². The minimum atomic E-state index is -0.995. The molecule has 5 heteroatoms. The van der Waals surface area contributed by atoms with Crippen LogP contribution in [0.4, 0.5) is 0 Å². The van der Waals surface area contributed by atoms with Crippen molar-refractivity contribution in [3.05, 3.63) is 34.9 Å². The fourth-order valence-electron chi connectivity index (χ4n) is 2.10. The average Bonchev–Trinajstić information content (AvgIpc) is 2.46. The summed E-state index contributed by atoms with van der Waals surface area (Å²) in [5.41, 5.74) is 1.96. The van der Waals surface area contributed by atoms with Crippen LogP contribution in [0.1, 0.15) is 28.4 Å². The van der Waals surface area contributed by atoms with Crippen molar-refractivity contribution in [2.75, 3.05) is 19.8 Å². The number of amides is 1. The predicted octanol–water partition coefficient (Wildman–Crippen LogP) is -0.195. The Morgan fingerprint density at radius 2 is 2.11 bits per heavy atom. The van der Waals surface area contributed by atoms with Crippen molar-refractivity contribution in [2.24, 2.45) is 0 Å². The lowest BCUT2D eigenvalue weighted by Gasteiger charge is -2.26. The predicted molar refractivity (Wildman–Crippen MR) is 71.9 cm³/mol. The van der Waals surface area contributed by atoms with E-state index >= 15 is 0 Å². The number of aliphatic hydroxyl groups excluding tert-OH is 2. The molecule has 0 fully saturated rings. The fraction of sp³-hybridized carbons (Fsp3) is 0.500. The van der Waals surface area contributed by atoms with E-state index in [4.69, 9.17) is 0 Å². The fourth-order valence-corrected chi connectivity index (χ4v) is 2.10. The summed E-state index contributed by atoms with van der Waals surface area (Å²) < 4.78 is 0. The van der Waals surface area contributed by atoms with Gasteiger partial charge >= 0.3 is 0 Å². The first-order valence-corrected chi connectivity index (χ1v) is 6.45. The van der Waals surface area contributed by atoms with E-state index in [0.29, 0.717) is 5.56 Å². The Morgan fingerprint density at radius 3 is 2.79 bits per heavy atom. The summed E-state index contributed by atoms with van der Waals surface area (Å²) in [6.07, 6.45) is 0.974. The van der Waals surface area contributed by atoms with Crippen molar-refractivity contribution in [3.63, 3.8) is 0 Å². The van der Waals surface area contributed by atoms with E-state index in [9.17, 15) is 15.0 Å².